The third kappa shape index (κ3) is 3.98. The summed E-state index contributed by atoms with van der Waals surface area (Å²) in [5, 5.41) is 21.1. The van der Waals surface area contributed by atoms with E-state index in [0.29, 0.717) is 40.6 Å². The summed E-state index contributed by atoms with van der Waals surface area (Å²) in [6.45, 7) is 2.02. The molecule has 154 valence electrons. The van der Waals surface area contributed by atoms with E-state index in [1.165, 1.54) is 18.5 Å². The highest BCUT2D eigenvalue weighted by molar-refractivity contribution is 5.67. The molecule has 0 aliphatic rings. The first-order valence-corrected chi connectivity index (χ1v) is 9.34. The molecule has 1 unspecified atom stereocenters. The van der Waals surface area contributed by atoms with E-state index in [1.54, 1.807) is 35.0 Å². The summed E-state index contributed by atoms with van der Waals surface area (Å²) in [5.74, 6) is 0.145. The average molecular weight is 409 g/mol. The summed E-state index contributed by atoms with van der Waals surface area (Å²) >= 11 is 0. The van der Waals surface area contributed by atoms with Crippen molar-refractivity contribution in [2.45, 2.75) is 26.1 Å². The van der Waals surface area contributed by atoms with Crippen LogP contribution >= 0.6 is 0 Å². The summed E-state index contributed by atoms with van der Waals surface area (Å²) in [4.78, 5) is 8.59. The Morgan fingerprint density at radius 2 is 2.10 bits per heavy atom. The lowest BCUT2D eigenvalue weighted by Gasteiger charge is -2.13. The lowest BCUT2D eigenvalue weighted by atomic mass is 10.2. The van der Waals surface area contributed by atoms with Crippen molar-refractivity contribution in [1.82, 2.24) is 24.9 Å². The van der Waals surface area contributed by atoms with E-state index >= 15 is 0 Å². The van der Waals surface area contributed by atoms with Crippen molar-refractivity contribution in [3.63, 3.8) is 0 Å². The third-order valence-electron chi connectivity index (χ3n) is 4.51. The molecule has 1 aromatic carbocycles. The van der Waals surface area contributed by atoms with Crippen LogP contribution in [0.1, 0.15) is 18.9 Å². The van der Waals surface area contributed by atoms with Gasteiger partial charge in [0.2, 0.25) is 0 Å². The second-order valence-corrected chi connectivity index (χ2v) is 6.61. The molecule has 4 aromatic rings. The zero-order valence-corrected chi connectivity index (χ0v) is 16.2. The van der Waals surface area contributed by atoms with E-state index in [0.717, 1.165) is 0 Å². The smallest absolute Gasteiger partial charge is 0.182 e. The molecule has 9 nitrogen and oxygen atoms in total. The van der Waals surface area contributed by atoms with Gasteiger partial charge < -0.3 is 20.7 Å². The van der Waals surface area contributed by atoms with Crippen molar-refractivity contribution < 1.29 is 14.0 Å². The Morgan fingerprint density at radius 3 is 2.80 bits per heavy atom. The molecule has 3 heterocycles. The number of anilines is 2. The normalized spacial score (nSPS) is 12.1. The fraction of sp³-hybridized carbons (Fsp3) is 0.200. The van der Waals surface area contributed by atoms with Crippen molar-refractivity contribution in [3.8, 4) is 22.9 Å². The van der Waals surface area contributed by atoms with Crippen molar-refractivity contribution in [2.75, 3.05) is 11.1 Å². The Morgan fingerprint density at radius 1 is 1.27 bits per heavy atom. The zero-order valence-electron chi connectivity index (χ0n) is 16.2. The number of aliphatic hydroxyl groups excluding tert-OH is 1. The van der Waals surface area contributed by atoms with Crippen LogP contribution in [0.4, 0.5) is 15.9 Å². The Bertz CT molecular complexity index is 1140. The molecule has 0 amide bonds. The van der Waals surface area contributed by atoms with Gasteiger partial charge in [0.15, 0.2) is 11.6 Å². The first-order chi connectivity index (χ1) is 14.5. The molecule has 4 N–H and O–H groups in total. The fourth-order valence-electron chi connectivity index (χ4n) is 2.90. The number of nitrogens with zero attached hydrogens (tertiary/aromatic N) is 5. The lowest BCUT2D eigenvalue weighted by molar-refractivity contribution is 0.199. The first-order valence-electron chi connectivity index (χ1n) is 9.34. The number of nitrogens with one attached hydrogen (secondary N) is 1. The van der Waals surface area contributed by atoms with Gasteiger partial charge >= 0.3 is 0 Å². The van der Waals surface area contributed by atoms with Gasteiger partial charge in [-0.2, -0.15) is 5.10 Å². The van der Waals surface area contributed by atoms with Crippen LogP contribution in [0.2, 0.25) is 0 Å². The topological polar surface area (TPSA) is 128 Å². The summed E-state index contributed by atoms with van der Waals surface area (Å²) in [6.07, 6.45) is 2.69. The van der Waals surface area contributed by atoms with Gasteiger partial charge in [0.25, 0.3) is 0 Å². The number of benzene rings is 1. The standard InChI is InChI=1S/C20H20FN7O2/c1-2-18(29)24-16-10-23-20(25-19(16)22)15-9-17(14-7-8-30-27-14)28(26-15)11-12-5-3-4-6-13(12)21/h3-10,18,24,29H,2,11H2,1H3,(H2,22,23,25). The molecule has 0 bridgehead atoms. The van der Waals surface area contributed by atoms with E-state index in [-0.39, 0.29) is 18.2 Å². The summed E-state index contributed by atoms with van der Waals surface area (Å²) in [6, 6.07) is 9.91. The predicted molar refractivity (Wildman–Crippen MR) is 109 cm³/mol. The van der Waals surface area contributed by atoms with Crippen molar-refractivity contribution >= 4 is 11.5 Å². The van der Waals surface area contributed by atoms with Crippen LogP contribution in [-0.2, 0) is 6.54 Å². The highest BCUT2D eigenvalue weighted by Gasteiger charge is 2.18. The minimum Gasteiger partial charge on any atom is -0.382 e. The molecule has 4 rings (SSSR count). The first kappa shape index (κ1) is 19.5. The van der Waals surface area contributed by atoms with Crippen molar-refractivity contribution in [3.05, 3.63) is 60.2 Å². The van der Waals surface area contributed by atoms with Crippen LogP contribution in [-0.4, -0.2) is 36.2 Å². The van der Waals surface area contributed by atoms with E-state index in [1.807, 2.05) is 6.92 Å². The van der Waals surface area contributed by atoms with Crippen LogP contribution in [0.5, 0.6) is 0 Å². The van der Waals surface area contributed by atoms with Gasteiger partial charge in [0.1, 0.15) is 29.7 Å². The van der Waals surface area contributed by atoms with Crippen LogP contribution in [0.15, 0.2) is 53.4 Å². The molecule has 0 aliphatic heterocycles. The molecule has 0 aliphatic carbocycles. The van der Waals surface area contributed by atoms with Crippen LogP contribution in [0.3, 0.4) is 0 Å². The molecular formula is C20H20FN7O2. The fourth-order valence-corrected chi connectivity index (χ4v) is 2.90. The maximum absolute atomic E-state index is 14.2. The molecule has 0 saturated carbocycles. The van der Waals surface area contributed by atoms with E-state index in [2.05, 4.69) is 25.5 Å². The highest BCUT2D eigenvalue weighted by Crippen LogP contribution is 2.26. The highest BCUT2D eigenvalue weighted by atomic mass is 19.1. The van der Waals surface area contributed by atoms with Crippen molar-refractivity contribution in [2.24, 2.45) is 0 Å². The minimum atomic E-state index is -0.750. The van der Waals surface area contributed by atoms with Gasteiger partial charge in [-0.1, -0.05) is 30.3 Å². The molecule has 3 aromatic heterocycles. The van der Waals surface area contributed by atoms with Gasteiger partial charge in [0, 0.05) is 11.6 Å². The van der Waals surface area contributed by atoms with Crippen LogP contribution < -0.4 is 11.1 Å². The van der Waals surface area contributed by atoms with E-state index < -0.39 is 6.23 Å². The third-order valence-corrected chi connectivity index (χ3v) is 4.51. The summed E-state index contributed by atoms with van der Waals surface area (Å²) < 4.78 is 20.7. The molecule has 0 saturated heterocycles. The quantitative estimate of drug-likeness (QED) is 0.398. The van der Waals surface area contributed by atoms with Gasteiger partial charge in [-0.25, -0.2) is 14.4 Å². The number of hydrogen-bond acceptors (Lipinski definition) is 8. The zero-order chi connectivity index (χ0) is 21.1. The number of aromatic nitrogens is 5. The number of aliphatic hydroxyl groups is 1. The van der Waals surface area contributed by atoms with Crippen molar-refractivity contribution in [1.29, 1.82) is 0 Å². The van der Waals surface area contributed by atoms with Gasteiger partial charge in [-0.05, 0) is 18.6 Å². The molecule has 0 fully saturated rings. The summed E-state index contributed by atoms with van der Waals surface area (Å²) in [5.41, 5.74) is 8.52. The van der Waals surface area contributed by atoms with Gasteiger partial charge in [0.05, 0.1) is 24.1 Å². The van der Waals surface area contributed by atoms with Gasteiger partial charge in [-0.3, -0.25) is 4.68 Å². The number of halogens is 1. The van der Waals surface area contributed by atoms with E-state index in [4.69, 9.17) is 10.3 Å². The SMILES string of the molecule is CCC(O)Nc1cnc(-c2cc(-c3ccon3)n(Cc3ccccc3F)n2)nc1N. The number of nitrogens with two attached hydrogens (primary N) is 1. The molecule has 10 heteroatoms. The van der Waals surface area contributed by atoms with Crippen LogP contribution in [0.25, 0.3) is 22.9 Å². The van der Waals surface area contributed by atoms with Crippen LogP contribution in [0, 0.1) is 5.82 Å². The lowest BCUT2D eigenvalue weighted by Crippen LogP contribution is -2.18. The largest absolute Gasteiger partial charge is 0.382 e. The molecule has 30 heavy (non-hydrogen) atoms. The minimum absolute atomic E-state index is 0.180. The Hall–Kier alpha value is -3.79. The monoisotopic (exact) mass is 409 g/mol. The Kier molecular flexibility index (Phi) is 5.40. The second kappa shape index (κ2) is 8.29. The number of rotatable bonds is 7. The Balaban J connectivity index is 1.71. The second-order valence-electron chi connectivity index (χ2n) is 6.61. The Labute approximate surface area is 171 Å². The number of nitrogen functional groups attached to an aromatic ring is 1. The average Bonchev–Trinajstić information content (AvgIpc) is 3.41. The van der Waals surface area contributed by atoms with E-state index in [9.17, 15) is 9.50 Å². The predicted octanol–water partition coefficient (Wildman–Crippen LogP) is 2.90. The maximum Gasteiger partial charge on any atom is 0.182 e. The summed E-state index contributed by atoms with van der Waals surface area (Å²) in [7, 11) is 0. The molecule has 0 spiro atoms. The van der Waals surface area contributed by atoms with Gasteiger partial charge in [-0.15, -0.1) is 0 Å². The number of hydrogen-bond donors (Lipinski definition) is 3. The molecule has 0 radical (unpaired) electrons. The maximum atomic E-state index is 14.2. The molecular weight excluding hydrogens is 389 g/mol. The molecule has 1 atom stereocenters.